The first kappa shape index (κ1) is 13.2. The highest BCUT2D eigenvalue weighted by Crippen LogP contribution is 2.22. The summed E-state index contributed by atoms with van der Waals surface area (Å²) >= 11 is 0. The summed E-state index contributed by atoms with van der Waals surface area (Å²) in [5, 5.41) is 8.41. The summed E-state index contributed by atoms with van der Waals surface area (Å²) in [4.78, 5) is 0. The van der Waals surface area contributed by atoms with E-state index in [9.17, 15) is 0 Å². The van der Waals surface area contributed by atoms with Crippen molar-refractivity contribution in [3.63, 3.8) is 0 Å². The van der Waals surface area contributed by atoms with Crippen molar-refractivity contribution in [1.29, 1.82) is 0 Å². The Morgan fingerprint density at radius 1 is 1.10 bits per heavy atom. The maximum Gasteiger partial charge on any atom is 0.118 e. The molecule has 0 aliphatic heterocycles. The second-order valence-corrected chi connectivity index (χ2v) is 4.82. The molecule has 0 saturated heterocycles. The van der Waals surface area contributed by atoms with Gasteiger partial charge in [0.2, 0.25) is 0 Å². The number of ether oxygens (including phenoxy) is 1. The van der Waals surface area contributed by atoms with E-state index in [0.717, 1.165) is 28.3 Å². The number of hydrogen-bond acceptors (Lipinski definition) is 4. The van der Waals surface area contributed by atoms with Gasteiger partial charge in [0.05, 0.1) is 19.0 Å². The molecule has 106 valence electrons. The fourth-order valence-electron chi connectivity index (χ4n) is 2.15. The van der Waals surface area contributed by atoms with Crippen LogP contribution in [0.5, 0.6) is 5.75 Å². The minimum atomic E-state index is 0.706. The molecule has 0 atom stereocenters. The lowest BCUT2D eigenvalue weighted by Crippen LogP contribution is -1.99. The number of rotatable bonds is 3. The lowest BCUT2D eigenvalue weighted by molar-refractivity contribution is 0.415. The van der Waals surface area contributed by atoms with Crippen LogP contribution in [0.1, 0.15) is 5.56 Å². The summed E-state index contributed by atoms with van der Waals surface area (Å²) in [6.07, 6.45) is 1.89. The minimum absolute atomic E-state index is 0.706. The van der Waals surface area contributed by atoms with Crippen LogP contribution in [0.15, 0.2) is 48.7 Å². The van der Waals surface area contributed by atoms with Crippen LogP contribution >= 0.6 is 0 Å². The zero-order chi connectivity index (χ0) is 14.8. The maximum atomic E-state index is 5.84. The average molecular weight is 280 g/mol. The molecule has 0 spiro atoms. The van der Waals surface area contributed by atoms with Gasteiger partial charge in [-0.1, -0.05) is 11.3 Å². The molecule has 3 aromatic rings. The monoisotopic (exact) mass is 280 g/mol. The first-order valence-corrected chi connectivity index (χ1v) is 6.60. The molecule has 1 aromatic heterocycles. The number of nitrogens with two attached hydrogens (primary N) is 1. The fourth-order valence-corrected chi connectivity index (χ4v) is 2.15. The van der Waals surface area contributed by atoms with Crippen LogP contribution in [0.25, 0.3) is 16.9 Å². The Bertz CT molecular complexity index is 762. The van der Waals surface area contributed by atoms with E-state index in [1.165, 1.54) is 0 Å². The second-order valence-electron chi connectivity index (χ2n) is 4.82. The van der Waals surface area contributed by atoms with Gasteiger partial charge in [-0.3, -0.25) is 0 Å². The van der Waals surface area contributed by atoms with E-state index in [0.29, 0.717) is 5.69 Å². The summed E-state index contributed by atoms with van der Waals surface area (Å²) < 4.78 is 6.89. The molecule has 0 unspecified atom stereocenters. The van der Waals surface area contributed by atoms with Gasteiger partial charge in [0.15, 0.2) is 0 Å². The van der Waals surface area contributed by atoms with Crippen molar-refractivity contribution < 1.29 is 4.74 Å². The van der Waals surface area contributed by atoms with Crippen molar-refractivity contribution in [3.8, 4) is 22.7 Å². The molecule has 3 rings (SSSR count). The Morgan fingerprint density at radius 2 is 1.86 bits per heavy atom. The topological polar surface area (TPSA) is 66.0 Å². The molecule has 5 nitrogen and oxygen atoms in total. The summed E-state index contributed by atoms with van der Waals surface area (Å²) in [6.45, 7) is 2.02. The summed E-state index contributed by atoms with van der Waals surface area (Å²) in [5.74, 6) is 0.817. The first-order valence-electron chi connectivity index (χ1n) is 6.60. The summed E-state index contributed by atoms with van der Waals surface area (Å²) in [5.41, 5.74) is 10.4. The molecule has 5 heteroatoms. The number of aromatic nitrogens is 3. The van der Waals surface area contributed by atoms with Crippen molar-refractivity contribution >= 4 is 5.69 Å². The van der Waals surface area contributed by atoms with Gasteiger partial charge in [-0.25, -0.2) is 4.68 Å². The molecule has 0 saturated carbocycles. The van der Waals surface area contributed by atoms with Gasteiger partial charge in [0, 0.05) is 11.3 Å². The number of hydrogen-bond donors (Lipinski definition) is 1. The third kappa shape index (κ3) is 2.58. The predicted molar refractivity (Wildman–Crippen MR) is 82.5 cm³/mol. The van der Waals surface area contributed by atoms with Crippen LogP contribution in [0, 0.1) is 6.92 Å². The molecule has 0 bridgehead atoms. The van der Waals surface area contributed by atoms with E-state index in [1.807, 2.05) is 55.6 Å². The van der Waals surface area contributed by atoms with Gasteiger partial charge >= 0.3 is 0 Å². The molecule has 2 N–H and O–H groups in total. The van der Waals surface area contributed by atoms with Crippen molar-refractivity contribution in [2.24, 2.45) is 0 Å². The Kier molecular flexibility index (Phi) is 3.31. The highest BCUT2D eigenvalue weighted by atomic mass is 16.5. The van der Waals surface area contributed by atoms with E-state index >= 15 is 0 Å². The minimum Gasteiger partial charge on any atom is -0.497 e. The lowest BCUT2D eigenvalue weighted by Gasteiger charge is -2.05. The van der Waals surface area contributed by atoms with Gasteiger partial charge in [-0.15, -0.1) is 5.10 Å². The van der Waals surface area contributed by atoms with Crippen LogP contribution in [0.3, 0.4) is 0 Å². The number of aryl methyl sites for hydroxylation is 1. The Morgan fingerprint density at radius 3 is 2.57 bits per heavy atom. The Hall–Kier alpha value is -2.82. The van der Waals surface area contributed by atoms with E-state index < -0.39 is 0 Å². The van der Waals surface area contributed by atoms with Crippen LogP contribution in [0.2, 0.25) is 0 Å². The second kappa shape index (κ2) is 5.28. The molecular formula is C16H16N4O. The molecule has 0 aliphatic rings. The van der Waals surface area contributed by atoms with Gasteiger partial charge < -0.3 is 10.5 Å². The van der Waals surface area contributed by atoms with Crippen LogP contribution in [0.4, 0.5) is 5.69 Å². The number of methoxy groups -OCH3 is 1. The molecular weight excluding hydrogens is 264 g/mol. The zero-order valence-electron chi connectivity index (χ0n) is 11.9. The van der Waals surface area contributed by atoms with Crippen molar-refractivity contribution in [2.45, 2.75) is 6.92 Å². The molecule has 0 aliphatic carbocycles. The summed E-state index contributed by atoms with van der Waals surface area (Å²) in [6, 6.07) is 13.5. The van der Waals surface area contributed by atoms with Crippen molar-refractivity contribution in [3.05, 3.63) is 54.2 Å². The molecule has 1 heterocycles. The normalized spacial score (nSPS) is 10.6. The highest BCUT2D eigenvalue weighted by molar-refractivity contribution is 5.60. The van der Waals surface area contributed by atoms with E-state index in [-0.39, 0.29) is 0 Å². The standard InChI is InChI=1S/C16H16N4O/c1-11-3-6-13(17)9-16(11)20-10-15(18-19-20)12-4-7-14(21-2)8-5-12/h3-10H,17H2,1-2H3. The van der Waals surface area contributed by atoms with Crippen molar-refractivity contribution in [1.82, 2.24) is 15.0 Å². The third-order valence-corrected chi connectivity index (χ3v) is 3.36. The SMILES string of the molecule is COc1ccc(-c2cn(-c3cc(N)ccc3C)nn2)cc1. The Labute approximate surface area is 123 Å². The predicted octanol–water partition coefficient (Wildman–Crippen LogP) is 2.83. The summed E-state index contributed by atoms with van der Waals surface area (Å²) in [7, 11) is 1.65. The van der Waals surface area contributed by atoms with E-state index in [1.54, 1.807) is 11.8 Å². The maximum absolute atomic E-state index is 5.84. The molecule has 2 aromatic carbocycles. The third-order valence-electron chi connectivity index (χ3n) is 3.36. The van der Waals surface area contributed by atoms with Gasteiger partial charge in [0.1, 0.15) is 11.4 Å². The molecule has 0 fully saturated rings. The quantitative estimate of drug-likeness (QED) is 0.749. The van der Waals surface area contributed by atoms with Crippen molar-refractivity contribution in [2.75, 3.05) is 12.8 Å². The molecule has 21 heavy (non-hydrogen) atoms. The highest BCUT2D eigenvalue weighted by Gasteiger charge is 2.08. The van der Waals surface area contributed by atoms with Gasteiger partial charge in [0.25, 0.3) is 0 Å². The largest absolute Gasteiger partial charge is 0.497 e. The average Bonchev–Trinajstić information content (AvgIpc) is 2.99. The van der Waals surface area contributed by atoms with E-state index in [2.05, 4.69) is 10.3 Å². The Balaban J connectivity index is 1.97. The van der Waals surface area contributed by atoms with Gasteiger partial charge in [-0.05, 0) is 48.9 Å². The number of benzene rings is 2. The van der Waals surface area contributed by atoms with Gasteiger partial charge in [-0.2, -0.15) is 0 Å². The van der Waals surface area contributed by atoms with Crippen LogP contribution in [-0.2, 0) is 0 Å². The number of nitrogens with zero attached hydrogens (tertiary/aromatic N) is 3. The number of nitrogen functional groups attached to an aromatic ring is 1. The van der Waals surface area contributed by atoms with Crippen LogP contribution < -0.4 is 10.5 Å². The number of anilines is 1. The molecule has 0 radical (unpaired) electrons. The smallest absolute Gasteiger partial charge is 0.118 e. The lowest BCUT2D eigenvalue weighted by atomic mass is 10.1. The first-order chi connectivity index (χ1) is 10.2. The van der Waals surface area contributed by atoms with Crippen LogP contribution in [-0.4, -0.2) is 22.1 Å². The van der Waals surface area contributed by atoms with E-state index in [4.69, 9.17) is 10.5 Å². The fraction of sp³-hybridized carbons (Fsp3) is 0.125. The zero-order valence-corrected chi connectivity index (χ0v) is 11.9. The molecule has 0 amide bonds.